The molecule has 0 amide bonds. The highest BCUT2D eigenvalue weighted by Gasteiger charge is 2.37. The third-order valence-electron chi connectivity index (χ3n) is 4.60. The Hall–Kier alpha value is -2.73. The number of hydrogen-bond donors (Lipinski definition) is 0. The van der Waals surface area contributed by atoms with Gasteiger partial charge in [0.25, 0.3) is 0 Å². The maximum atomic E-state index is 12.6. The molecule has 6 heteroatoms. The molecule has 1 aromatic heterocycles. The van der Waals surface area contributed by atoms with Gasteiger partial charge in [-0.2, -0.15) is 0 Å². The number of rotatable bonds is 5. The van der Waals surface area contributed by atoms with Gasteiger partial charge >= 0.3 is 5.97 Å². The van der Waals surface area contributed by atoms with Crippen molar-refractivity contribution in [3.8, 4) is 16.3 Å². The minimum atomic E-state index is -0.803. The third-order valence-corrected chi connectivity index (χ3v) is 5.67. The average Bonchev–Trinajstić information content (AvgIpc) is 3.09. The van der Waals surface area contributed by atoms with Crippen LogP contribution in [-0.2, 0) is 9.53 Å². The Morgan fingerprint density at radius 1 is 1.07 bits per heavy atom. The molecule has 3 rings (SSSR count). The first kappa shape index (κ1) is 21.0. The van der Waals surface area contributed by atoms with E-state index >= 15 is 0 Å². The second-order valence-corrected chi connectivity index (χ2v) is 9.77. The Bertz CT molecular complexity index is 1040. The predicted molar refractivity (Wildman–Crippen MR) is 113 cm³/mol. The summed E-state index contributed by atoms with van der Waals surface area (Å²) < 4.78 is 6.39. The van der Waals surface area contributed by atoms with Gasteiger partial charge in [-0.1, -0.05) is 44.7 Å². The van der Waals surface area contributed by atoms with Crippen molar-refractivity contribution in [3.63, 3.8) is 0 Å². The Balaban J connectivity index is 1.82. The summed E-state index contributed by atoms with van der Waals surface area (Å²) in [6, 6.07) is 11.9. The van der Waals surface area contributed by atoms with Gasteiger partial charge in [-0.3, -0.25) is 4.79 Å². The molecule has 0 saturated carbocycles. The van der Waals surface area contributed by atoms with Gasteiger partial charge < -0.3 is 9.84 Å². The smallest absolute Gasteiger partial charge is 0.338 e. The summed E-state index contributed by atoms with van der Waals surface area (Å²) in [5, 5.41) is 12.9. The molecule has 3 aromatic rings. The van der Waals surface area contributed by atoms with E-state index in [-0.39, 0.29) is 23.7 Å². The first-order valence-electron chi connectivity index (χ1n) is 9.38. The van der Waals surface area contributed by atoms with Crippen molar-refractivity contribution in [2.45, 2.75) is 34.6 Å². The number of aromatic nitrogens is 1. The average molecular weight is 411 g/mol. The van der Waals surface area contributed by atoms with Gasteiger partial charge in [0, 0.05) is 11.0 Å². The second-order valence-electron chi connectivity index (χ2n) is 8.74. The lowest BCUT2D eigenvalue weighted by atomic mass is 9.75. The zero-order valence-electron chi connectivity index (χ0n) is 17.2. The van der Waals surface area contributed by atoms with Crippen LogP contribution >= 0.6 is 11.3 Å². The van der Waals surface area contributed by atoms with Gasteiger partial charge in [-0.25, -0.2) is 9.78 Å². The lowest BCUT2D eigenvalue weighted by Gasteiger charge is -2.30. The van der Waals surface area contributed by atoms with Gasteiger partial charge in [0.05, 0.1) is 21.2 Å². The molecule has 0 atom stereocenters. The minimum Gasteiger partial charge on any atom is -0.872 e. The number of thiazole rings is 1. The molecule has 0 bridgehead atoms. The number of Topliss-reactive ketones (excluding diaryl/α,β-unsaturated/α-hetero) is 1. The summed E-state index contributed by atoms with van der Waals surface area (Å²) in [4.78, 5) is 29.6. The predicted octanol–water partition coefficient (Wildman–Crippen LogP) is 4.84. The minimum absolute atomic E-state index is 0.0165. The quantitative estimate of drug-likeness (QED) is 0.563. The largest absolute Gasteiger partial charge is 0.872 e. The summed E-state index contributed by atoms with van der Waals surface area (Å²) >= 11 is 1.40. The van der Waals surface area contributed by atoms with Gasteiger partial charge in [-0.15, -0.1) is 11.3 Å². The standard InChI is InChI=1S/C23H25NO4S/c1-22(2,3)21(27)23(4,5)13-28-20(26)14-10-11-17(25)15(12-14)19-24-16-8-6-7-9-18(16)29-19/h6-12,25H,13H2,1-5H3/p-1. The van der Waals surface area contributed by atoms with Crippen LogP contribution in [0.2, 0.25) is 0 Å². The Morgan fingerprint density at radius 2 is 1.76 bits per heavy atom. The van der Waals surface area contributed by atoms with E-state index in [1.54, 1.807) is 13.8 Å². The molecule has 152 valence electrons. The molecule has 0 aliphatic rings. The van der Waals surface area contributed by atoms with Crippen molar-refractivity contribution in [2.75, 3.05) is 6.61 Å². The number of fused-ring (bicyclic) bond motifs is 1. The molecule has 0 aliphatic heterocycles. The van der Waals surface area contributed by atoms with Crippen LogP contribution in [0.1, 0.15) is 45.0 Å². The number of esters is 1. The van der Waals surface area contributed by atoms with Crippen molar-refractivity contribution in [1.29, 1.82) is 0 Å². The molecule has 0 fully saturated rings. The number of hydrogen-bond acceptors (Lipinski definition) is 6. The summed E-state index contributed by atoms with van der Waals surface area (Å²) in [5.41, 5.74) is 0.105. The summed E-state index contributed by atoms with van der Waals surface area (Å²) in [5.74, 6) is -0.756. The van der Waals surface area contributed by atoms with E-state index < -0.39 is 16.8 Å². The molecular weight excluding hydrogens is 386 g/mol. The molecule has 0 spiro atoms. The second kappa shape index (κ2) is 7.59. The maximum Gasteiger partial charge on any atom is 0.338 e. The van der Waals surface area contributed by atoms with Crippen LogP contribution in [0.5, 0.6) is 5.75 Å². The highest BCUT2D eigenvalue weighted by Crippen LogP contribution is 2.35. The molecule has 1 heterocycles. The van der Waals surface area contributed by atoms with Crippen molar-refractivity contribution >= 4 is 33.3 Å². The van der Waals surface area contributed by atoms with Crippen LogP contribution in [0.15, 0.2) is 42.5 Å². The van der Waals surface area contributed by atoms with E-state index in [4.69, 9.17) is 4.74 Å². The highest BCUT2D eigenvalue weighted by molar-refractivity contribution is 7.21. The van der Waals surface area contributed by atoms with Crippen LogP contribution < -0.4 is 5.11 Å². The Kier molecular flexibility index (Phi) is 5.50. The first-order chi connectivity index (χ1) is 13.5. The molecule has 0 N–H and O–H groups in total. The van der Waals surface area contributed by atoms with Crippen molar-refractivity contribution < 1.29 is 19.4 Å². The zero-order chi connectivity index (χ0) is 21.4. The number of benzene rings is 2. The molecule has 2 aromatic carbocycles. The van der Waals surface area contributed by atoms with Crippen LogP contribution in [0.4, 0.5) is 0 Å². The Morgan fingerprint density at radius 3 is 2.41 bits per heavy atom. The van der Waals surface area contributed by atoms with Crippen LogP contribution in [-0.4, -0.2) is 23.3 Å². The Labute approximate surface area is 174 Å². The monoisotopic (exact) mass is 410 g/mol. The summed E-state index contributed by atoms with van der Waals surface area (Å²) in [6.07, 6.45) is 0. The van der Waals surface area contributed by atoms with Crippen molar-refractivity contribution in [2.24, 2.45) is 10.8 Å². The van der Waals surface area contributed by atoms with E-state index in [1.807, 2.05) is 45.0 Å². The summed E-state index contributed by atoms with van der Waals surface area (Å²) in [7, 11) is 0. The molecule has 0 unspecified atom stereocenters. The zero-order valence-corrected chi connectivity index (χ0v) is 18.1. The number of ether oxygens (including phenoxy) is 1. The van der Waals surface area contributed by atoms with E-state index in [2.05, 4.69) is 4.98 Å². The van der Waals surface area contributed by atoms with Crippen LogP contribution in [0.3, 0.4) is 0 Å². The van der Waals surface area contributed by atoms with E-state index in [0.29, 0.717) is 10.6 Å². The molecule has 5 nitrogen and oxygen atoms in total. The van der Waals surface area contributed by atoms with Crippen molar-refractivity contribution in [3.05, 3.63) is 48.0 Å². The van der Waals surface area contributed by atoms with Gasteiger partial charge in [0.1, 0.15) is 17.4 Å². The number of ketones is 1. The van der Waals surface area contributed by atoms with E-state index in [1.165, 1.54) is 29.5 Å². The summed E-state index contributed by atoms with van der Waals surface area (Å²) in [6.45, 7) is 9.03. The fraction of sp³-hybridized carbons (Fsp3) is 0.348. The highest BCUT2D eigenvalue weighted by atomic mass is 32.1. The van der Waals surface area contributed by atoms with Crippen LogP contribution in [0, 0.1) is 10.8 Å². The van der Waals surface area contributed by atoms with Crippen molar-refractivity contribution in [1.82, 2.24) is 4.98 Å². The fourth-order valence-electron chi connectivity index (χ4n) is 3.22. The van der Waals surface area contributed by atoms with Gasteiger partial charge in [0.2, 0.25) is 0 Å². The molecule has 0 saturated heterocycles. The lowest BCUT2D eigenvalue weighted by Crippen LogP contribution is -2.38. The topological polar surface area (TPSA) is 79.3 Å². The van der Waals surface area contributed by atoms with Gasteiger partial charge in [-0.05, 0) is 38.1 Å². The third kappa shape index (κ3) is 4.48. The number of para-hydroxylation sites is 1. The van der Waals surface area contributed by atoms with Crippen LogP contribution in [0.25, 0.3) is 20.8 Å². The number of carbonyl (C=O) groups excluding carboxylic acids is 2. The molecule has 29 heavy (non-hydrogen) atoms. The first-order valence-corrected chi connectivity index (χ1v) is 10.2. The van der Waals surface area contributed by atoms with E-state index in [0.717, 1.165) is 10.2 Å². The number of nitrogens with zero attached hydrogens (tertiary/aromatic N) is 1. The molecule has 0 aliphatic carbocycles. The molecular formula is C23H24NO4S-. The number of carbonyl (C=O) groups is 2. The normalized spacial score (nSPS) is 12.2. The SMILES string of the molecule is CC(C)(C)C(=O)C(C)(C)COC(=O)c1ccc([O-])c(-c2nc3ccccc3s2)c1. The maximum absolute atomic E-state index is 12.6. The molecule has 0 radical (unpaired) electrons. The van der Waals surface area contributed by atoms with E-state index in [9.17, 15) is 14.7 Å². The van der Waals surface area contributed by atoms with Gasteiger partial charge in [0.15, 0.2) is 0 Å². The lowest BCUT2D eigenvalue weighted by molar-refractivity contribution is -0.267. The fourth-order valence-corrected chi connectivity index (χ4v) is 4.21.